The van der Waals surface area contributed by atoms with Crippen molar-refractivity contribution in [2.75, 3.05) is 17.7 Å². The second kappa shape index (κ2) is 12.0. The van der Waals surface area contributed by atoms with Crippen molar-refractivity contribution in [3.8, 4) is 11.4 Å². The SMILES string of the molecule is CCOc1ccc(-n2c(CNC(=O)c3ccc(C)c(C)c3)nnc2SCC(=O)Nc2nnc(C)s2)cc1. The van der Waals surface area contributed by atoms with E-state index in [2.05, 4.69) is 31.0 Å². The van der Waals surface area contributed by atoms with E-state index in [0.29, 0.717) is 28.3 Å². The van der Waals surface area contributed by atoms with Crippen LogP contribution < -0.4 is 15.4 Å². The molecular weight excluding hydrogens is 510 g/mol. The van der Waals surface area contributed by atoms with Crippen molar-refractivity contribution in [3.63, 3.8) is 0 Å². The summed E-state index contributed by atoms with van der Waals surface area (Å²) in [5.74, 6) is 0.939. The van der Waals surface area contributed by atoms with Gasteiger partial charge in [-0.3, -0.25) is 19.5 Å². The molecule has 10 nitrogen and oxygen atoms in total. The number of hydrogen-bond acceptors (Lipinski definition) is 9. The topological polar surface area (TPSA) is 124 Å². The van der Waals surface area contributed by atoms with Crippen LogP contribution in [-0.4, -0.2) is 49.1 Å². The number of rotatable bonds is 10. The molecule has 0 saturated carbocycles. The van der Waals surface area contributed by atoms with Gasteiger partial charge in [-0.2, -0.15) is 0 Å². The monoisotopic (exact) mass is 537 g/mol. The standard InChI is InChI=1S/C25H27N7O3S2/c1-5-35-20-10-8-19(9-11-20)32-21(13-26-23(34)18-7-6-15(2)16(3)12-18)29-31-25(32)36-14-22(33)27-24-30-28-17(4)37-24/h6-12H,5,13-14H2,1-4H3,(H,26,34)(H,27,30,33). The summed E-state index contributed by atoms with van der Waals surface area (Å²) in [5, 5.41) is 23.8. The van der Waals surface area contributed by atoms with Gasteiger partial charge < -0.3 is 10.1 Å². The van der Waals surface area contributed by atoms with Gasteiger partial charge in [0, 0.05) is 11.3 Å². The van der Waals surface area contributed by atoms with Gasteiger partial charge in [-0.05, 0) is 75.2 Å². The van der Waals surface area contributed by atoms with Gasteiger partial charge in [-0.25, -0.2) is 0 Å². The number of aryl methyl sites for hydroxylation is 3. The maximum Gasteiger partial charge on any atom is 0.251 e. The summed E-state index contributed by atoms with van der Waals surface area (Å²) in [6.07, 6.45) is 0. The van der Waals surface area contributed by atoms with Crippen molar-refractivity contribution >= 4 is 40.0 Å². The average Bonchev–Trinajstić information content (AvgIpc) is 3.49. The number of carbonyl (C=O) groups is 2. The third-order valence-corrected chi connectivity index (χ3v) is 7.07. The van der Waals surface area contributed by atoms with Crippen LogP contribution in [0, 0.1) is 20.8 Å². The van der Waals surface area contributed by atoms with E-state index in [1.165, 1.54) is 23.1 Å². The molecule has 4 rings (SSSR count). The number of aromatic nitrogens is 5. The Bertz CT molecular complexity index is 1400. The van der Waals surface area contributed by atoms with Crippen molar-refractivity contribution in [1.29, 1.82) is 0 Å². The summed E-state index contributed by atoms with van der Waals surface area (Å²) in [6.45, 7) is 8.44. The van der Waals surface area contributed by atoms with Crippen molar-refractivity contribution in [2.24, 2.45) is 0 Å². The average molecular weight is 538 g/mol. The molecule has 0 aliphatic carbocycles. The molecule has 0 spiro atoms. The highest BCUT2D eigenvalue weighted by Gasteiger charge is 2.18. The molecule has 192 valence electrons. The molecular formula is C25H27N7O3S2. The molecule has 0 fully saturated rings. The van der Waals surface area contributed by atoms with E-state index in [4.69, 9.17) is 4.74 Å². The third kappa shape index (κ3) is 6.71. The Morgan fingerprint density at radius 2 is 1.78 bits per heavy atom. The molecule has 0 aliphatic rings. The maximum absolute atomic E-state index is 12.8. The van der Waals surface area contributed by atoms with E-state index in [9.17, 15) is 9.59 Å². The van der Waals surface area contributed by atoms with Crippen molar-refractivity contribution in [3.05, 3.63) is 70.0 Å². The van der Waals surface area contributed by atoms with Crippen molar-refractivity contribution in [2.45, 2.75) is 39.4 Å². The predicted molar refractivity (Wildman–Crippen MR) is 144 cm³/mol. The minimum atomic E-state index is -0.230. The number of benzene rings is 2. The summed E-state index contributed by atoms with van der Waals surface area (Å²) in [6, 6.07) is 13.1. The van der Waals surface area contributed by atoms with Gasteiger partial charge >= 0.3 is 0 Å². The summed E-state index contributed by atoms with van der Waals surface area (Å²) in [4.78, 5) is 25.3. The number of anilines is 1. The Morgan fingerprint density at radius 3 is 2.46 bits per heavy atom. The Hall–Kier alpha value is -3.77. The molecule has 2 aromatic carbocycles. The molecule has 2 amide bonds. The number of nitrogens with zero attached hydrogens (tertiary/aromatic N) is 5. The zero-order valence-corrected chi connectivity index (χ0v) is 22.6. The Balaban J connectivity index is 1.52. The second-order valence-corrected chi connectivity index (χ2v) is 10.2. The van der Waals surface area contributed by atoms with Gasteiger partial charge in [-0.15, -0.1) is 20.4 Å². The molecule has 0 unspecified atom stereocenters. The molecule has 0 bridgehead atoms. The molecule has 37 heavy (non-hydrogen) atoms. The van der Waals surface area contributed by atoms with E-state index in [0.717, 1.165) is 27.6 Å². The second-order valence-electron chi connectivity index (χ2n) is 8.11. The summed E-state index contributed by atoms with van der Waals surface area (Å²) < 4.78 is 7.38. The van der Waals surface area contributed by atoms with E-state index in [-0.39, 0.29) is 24.1 Å². The van der Waals surface area contributed by atoms with E-state index in [1.54, 1.807) is 6.07 Å². The number of carbonyl (C=O) groups excluding carboxylic acids is 2. The van der Waals surface area contributed by atoms with Crippen LogP contribution in [0.5, 0.6) is 5.75 Å². The Morgan fingerprint density at radius 1 is 1.00 bits per heavy atom. The molecule has 12 heteroatoms. The summed E-state index contributed by atoms with van der Waals surface area (Å²) in [5.41, 5.74) is 3.53. The molecule has 2 heterocycles. The Kier molecular flexibility index (Phi) is 8.51. The first kappa shape index (κ1) is 26.3. The lowest BCUT2D eigenvalue weighted by molar-refractivity contribution is -0.113. The first-order valence-corrected chi connectivity index (χ1v) is 13.4. The quantitative estimate of drug-likeness (QED) is 0.290. The lowest BCUT2D eigenvalue weighted by Gasteiger charge is -2.12. The van der Waals surface area contributed by atoms with Crippen LogP contribution in [0.25, 0.3) is 5.69 Å². The minimum Gasteiger partial charge on any atom is -0.494 e. The van der Waals surface area contributed by atoms with Crippen LogP contribution in [0.2, 0.25) is 0 Å². The van der Waals surface area contributed by atoms with Crippen LogP contribution in [0.15, 0.2) is 47.6 Å². The van der Waals surface area contributed by atoms with E-state index in [1.807, 2.05) is 68.7 Å². The highest BCUT2D eigenvalue weighted by molar-refractivity contribution is 7.99. The number of ether oxygens (including phenoxy) is 1. The number of hydrogen-bond donors (Lipinski definition) is 2. The van der Waals surface area contributed by atoms with E-state index >= 15 is 0 Å². The minimum absolute atomic E-state index is 0.1000. The molecule has 0 aliphatic heterocycles. The lowest BCUT2D eigenvalue weighted by Crippen LogP contribution is -2.24. The highest BCUT2D eigenvalue weighted by Crippen LogP contribution is 2.25. The van der Waals surface area contributed by atoms with Crippen LogP contribution in [0.1, 0.15) is 39.2 Å². The van der Waals surface area contributed by atoms with Crippen LogP contribution in [-0.2, 0) is 11.3 Å². The summed E-state index contributed by atoms with van der Waals surface area (Å²) >= 11 is 2.54. The van der Waals surface area contributed by atoms with Crippen LogP contribution in [0.4, 0.5) is 5.13 Å². The largest absolute Gasteiger partial charge is 0.494 e. The fourth-order valence-corrected chi connectivity index (χ4v) is 4.78. The van der Waals surface area contributed by atoms with Gasteiger partial charge in [-0.1, -0.05) is 29.2 Å². The molecule has 2 N–H and O–H groups in total. The van der Waals surface area contributed by atoms with Gasteiger partial charge in [0.05, 0.1) is 18.9 Å². The van der Waals surface area contributed by atoms with Crippen molar-refractivity contribution in [1.82, 2.24) is 30.3 Å². The number of amides is 2. The zero-order chi connectivity index (χ0) is 26.4. The fraction of sp³-hybridized carbons (Fsp3) is 0.280. The lowest BCUT2D eigenvalue weighted by atomic mass is 10.1. The van der Waals surface area contributed by atoms with Crippen molar-refractivity contribution < 1.29 is 14.3 Å². The number of nitrogens with one attached hydrogen (secondary N) is 2. The van der Waals surface area contributed by atoms with Gasteiger partial charge in [0.25, 0.3) is 5.91 Å². The normalized spacial score (nSPS) is 10.8. The highest BCUT2D eigenvalue weighted by atomic mass is 32.2. The van der Waals surface area contributed by atoms with Gasteiger partial charge in [0.2, 0.25) is 11.0 Å². The molecule has 0 saturated heterocycles. The maximum atomic E-state index is 12.8. The third-order valence-electron chi connectivity index (χ3n) is 5.39. The van der Waals surface area contributed by atoms with Crippen LogP contribution in [0.3, 0.4) is 0 Å². The predicted octanol–water partition coefficient (Wildman–Crippen LogP) is 4.10. The first-order chi connectivity index (χ1) is 17.8. The first-order valence-electron chi connectivity index (χ1n) is 11.6. The Labute approximate surface area is 222 Å². The molecule has 2 aromatic heterocycles. The smallest absolute Gasteiger partial charge is 0.251 e. The summed E-state index contributed by atoms with van der Waals surface area (Å²) in [7, 11) is 0. The fourth-order valence-electron chi connectivity index (χ4n) is 3.40. The van der Waals surface area contributed by atoms with Gasteiger partial charge in [0.15, 0.2) is 11.0 Å². The van der Waals surface area contributed by atoms with Gasteiger partial charge in [0.1, 0.15) is 10.8 Å². The zero-order valence-electron chi connectivity index (χ0n) is 20.9. The van der Waals surface area contributed by atoms with Crippen LogP contribution >= 0.6 is 23.1 Å². The molecule has 4 aromatic rings. The van der Waals surface area contributed by atoms with E-state index < -0.39 is 0 Å². The molecule has 0 atom stereocenters. The number of thioether (sulfide) groups is 1. The molecule has 0 radical (unpaired) electrons.